The SMILES string of the molecule is Cc1cc(NC(=O)C=Cc2ccco2)ccc1C(=O)NC(C)C. The summed E-state index contributed by atoms with van der Waals surface area (Å²) in [7, 11) is 0. The van der Waals surface area contributed by atoms with Crippen molar-refractivity contribution < 1.29 is 14.0 Å². The molecular formula is C18H20N2O3. The molecule has 2 N–H and O–H groups in total. The Balaban J connectivity index is 2.02. The second kappa shape index (κ2) is 7.45. The van der Waals surface area contributed by atoms with E-state index in [9.17, 15) is 9.59 Å². The standard InChI is InChI=1S/C18H20N2O3/c1-12(2)19-18(22)16-8-6-14(11-13(16)3)20-17(21)9-7-15-5-4-10-23-15/h4-12H,1-3H3,(H,19,22)(H,20,21). The van der Waals surface area contributed by atoms with Crippen molar-refractivity contribution in [2.24, 2.45) is 0 Å². The molecule has 1 aromatic carbocycles. The average Bonchev–Trinajstić information content (AvgIpc) is 2.97. The minimum Gasteiger partial charge on any atom is -0.465 e. The zero-order valence-electron chi connectivity index (χ0n) is 13.4. The molecule has 5 nitrogen and oxygen atoms in total. The normalized spacial score (nSPS) is 11.0. The van der Waals surface area contributed by atoms with Crippen molar-refractivity contribution in [1.82, 2.24) is 5.32 Å². The molecule has 1 heterocycles. The summed E-state index contributed by atoms with van der Waals surface area (Å²) in [5.41, 5.74) is 2.04. The lowest BCUT2D eigenvalue weighted by Crippen LogP contribution is -2.30. The van der Waals surface area contributed by atoms with Gasteiger partial charge in [-0.05, 0) is 62.7 Å². The van der Waals surface area contributed by atoms with Crippen LogP contribution in [0, 0.1) is 6.92 Å². The molecule has 0 unspecified atom stereocenters. The molecule has 1 aromatic heterocycles. The third-order valence-electron chi connectivity index (χ3n) is 3.10. The van der Waals surface area contributed by atoms with E-state index >= 15 is 0 Å². The number of rotatable bonds is 5. The summed E-state index contributed by atoms with van der Waals surface area (Å²) >= 11 is 0. The maximum atomic E-state index is 12.0. The van der Waals surface area contributed by atoms with E-state index in [0.29, 0.717) is 17.0 Å². The lowest BCUT2D eigenvalue weighted by molar-refractivity contribution is -0.111. The van der Waals surface area contributed by atoms with Gasteiger partial charge in [-0.2, -0.15) is 0 Å². The fourth-order valence-electron chi connectivity index (χ4n) is 2.06. The van der Waals surface area contributed by atoms with Gasteiger partial charge in [0.15, 0.2) is 0 Å². The van der Waals surface area contributed by atoms with Crippen molar-refractivity contribution >= 4 is 23.6 Å². The Morgan fingerprint density at radius 3 is 2.61 bits per heavy atom. The van der Waals surface area contributed by atoms with E-state index in [1.165, 1.54) is 6.08 Å². The lowest BCUT2D eigenvalue weighted by Gasteiger charge is -2.11. The Labute approximate surface area is 135 Å². The van der Waals surface area contributed by atoms with Crippen molar-refractivity contribution in [3.8, 4) is 0 Å². The van der Waals surface area contributed by atoms with Crippen LogP contribution in [0.25, 0.3) is 6.08 Å². The van der Waals surface area contributed by atoms with Crippen molar-refractivity contribution in [2.45, 2.75) is 26.8 Å². The van der Waals surface area contributed by atoms with Crippen LogP contribution in [-0.4, -0.2) is 17.9 Å². The molecule has 2 rings (SSSR count). The molecule has 0 radical (unpaired) electrons. The maximum absolute atomic E-state index is 12.0. The van der Waals surface area contributed by atoms with Gasteiger partial charge in [0.25, 0.3) is 5.91 Å². The number of aryl methyl sites for hydroxylation is 1. The van der Waals surface area contributed by atoms with Crippen LogP contribution in [0.4, 0.5) is 5.69 Å². The summed E-state index contributed by atoms with van der Waals surface area (Å²) in [5.74, 6) is 0.227. The fraction of sp³-hybridized carbons (Fsp3) is 0.222. The molecule has 0 aliphatic heterocycles. The third kappa shape index (κ3) is 4.85. The summed E-state index contributed by atoms with van der Waals surface area (Å²) in [4.78, 5) is 23.9. The summed E-state index contributed by atoms with van der Waals surface area (Å²) in [5, 5.41) is 5.60. The van der Waals surface area contributed by atoms with Gasteiger partial charge >= 0.3 is 0 Å². The number of hydrogen-bond donors (Lipinski definition) is 2. The predicted octanol–water partition coefficient (Wildman–Crippen LogP) is 3.38. The second-order valence-electron chi connectivity index (χ2n) is 5.50. The van der Waals surface area contributed by atoms with Crippen LogP contribution >= 0.6 is 0 Å². The van der Waals surface area contributed by atoms with Gasteiger partial charge in [-0.25, -0.2) is 0 Å². The Morgan fingerprint density at radius 1 is 1.22 bits per heavy atom. The minimum atomic E-state index is -0.264. The topological polar surface area (TPSA) is 71.3 Å². The van der Waals surface area contributed by atoms with E-state index in [1.54, 1.807) is 42.7 Å². The van der Waals surface area contributed by atoms with Gasteiger partial charge in [0.1, 0.15) is 5.76 Å². The molecule has 0 aliphatic carbocycles. The highest BCUT2D eigenvalue weighted by Crippen LogP contribution is 2.15. The second-order valence-corrected chi connectivity index (χ2v) is 5.50. The van der Waals surface area contributed by atoms with E-state index < -0.39 is 0 Å². The molecule has 0 bridgehead atoms. The molecular weight excluding hydrogens is 292 g/mol. The summed E-state index contributed by atoms with van der Waals surface area (Å²) < 4.78 is 5.12. The quantitative estimate of drug-likeness (QED) is 0.831. The first kappa shape index (κ1) is 16.5. The number of hydrogen-bond acceptors (Lipinski definition) is 3. The molecule has 0 aliphatic rings. The summed E-state index contributed by atoms with van der Waals surface area (Å²) in [6, 6.07) is 8.78. The van der Waals surface area contributed by atoms with Gasteiger partial charge in [0, 0.05) is 23.4 Å². The largest absolute Gasteiger partial charge is 0.465 e. The number of carbonyl (C=O) groups excluding carboxylic acids is 2. The molecule has 0 saturated carbocycles. The molecule has 2 amide bonds. The Kier molecular flexibility index (Phi) is 5.36. The average molecular weight is 312 g/mol. The Hall–Kier alpha value is -2.82. The smallest absolute Gasteiger partial charge is 0.251 e. The summed E-state index contributed by atoms with van der Waals surface area (Å²) in [6.07, 6.45) is 4.53. The van der Waals surface area contributed by atoms with Crippen LogP contribution in [0.2, 0.25) is 0 Å². The van der Waals surface area contributed by atoms with Gasteiger partial charge in [-0.1, -0.05) is 0 Å². The van der Waals surface area contributed by atoms with Crippen molar-refractivity contribution in [1.29, 1.82) is 0 Å². The van der Waals surface area contributed by atoms with Crippen molar-refractivity contribution in [2.75, 3.05) is 5.32 Å². The summed E-state index contributed by atoms with van der Waals surface area (Å²) in [6.45, 7) is 5.66. The molecule has 0 saturated heterocycles. The van der Waals surface area contributed by atoms with Crippen LogP contribution in [0.1, 0.15) is 35.5 Å². The highest BCUT2D eigenvalue weighted by atomic mass is 16.3. The lowest BCUT2D eigenvalue weighted by atomic mass is 10.1. The first-order chi connectivity index (χ1) is 11.0. The number of furan rings is 1. The minimum absolute atomic E-state index is 0.0769. The molecule has 120 valence electrons. The van der Waals surface area contributed by atoms with E-state index in [4.69, 9.17) is 4.42 Å². The van der Waals surface area contributed by atoms with Crippen molar-refractivity contribution in [3.05, 3.63) is 59.6 Å². The third-order valence-corrected chi connectivity index (χ3v) is 3.10. The maximum Gasteiger partial charge on any atom is 0.251 e. The number of carbonyl (C=O) groups is 2. The molecule has 23 heavy (non-hydrogen) atoms. The van der Waals surface area contributed by atoms with E-state index in [1.807, 2.05) is 20.8 Å². The van der Waals surface area contributed by atoms with Gasteiger partial charge in [0.05, 0.1) is 6.26 Å². The van der Waals surface area contributed by atoms with Crippen LogP contribution in [0.5, 0.6) is 0 Å². The molecule has 0 spiro atoms. The van der Waals surface area contributed by atoms with E-state index in [0.717, 1.165) is 5.56 Å². The zero-order valence-corrected chi connectivity index (χ0v) is 13.4. The van der Waals surface area contributed by atoms with E-state index in [2.05, 4.69) is 10.6 Å². The fourth-order valence-corrected chi connectivity index (χ4v) is 2.06. The number of anilines is 1. The van der Waals surface area contributed by atoms with Crippen molar-refractivity contribution in [3.63, 3.8) is 0 Å². The Morgan fingerprint density at radius 2 is 2.00 bits per heavy atom. The molecule has 5 heteroatoms. The first-order valence-corrected chi connectivity index (χ1v) is 7.40. The van der Waals surface area contributed by atoms with Gasteiger partial charge < -0.3 is 15.1 Å². The van der Waals surface area contributed by atoms with Gasteiger partial charge in [-0.15, -0.1) is 0 Å². The highest BCUT2D eigenvalue weighted by Gasteiger charge is 2.10. The van der Waals surface area contributed by atoms with Crippen LogP contribution in [0.3, 0.4) is 0 Å². The van der Waals surface area contributed by atoms with Gasteiger partial charge in [0.2, 0.25) is 5.91 Å². The molecule has 0 atom stereocenters. The Bertz CT molecular complexity index is 716. The monoisotopic (exact) mass is 312 g/mol. The molecule has 2 aromatic rings. The van der Waals surface area contributed by atoms with E-state index in [-0.39, 0.29) is 17.9 Å². The number of nitrogens with one attached hydrogen (secondary N) is 2. The first-order valence-electron chi connectivity index (χ1n) is 7.40. The zero-order chi connectivity index (χ0) is 16.8. The van der Waals surface area contributed by atoms with Crippen LogP contribution in [0.15, 0.2) is 47.1 Å². The van der Waals surface area contributed by atoms with Crippen LogP contribution in [-0.2, 0) is 4.79 Å². The number of benzene rings is 1. The van der Waals surface area contributed by atoms with Crippen LogP contribution < -0.4 is 10.6 Å². The predicted molar refractivity (Wildman–Crippen MR) is 90.2 cm³/mol. The molecule has 0 fully saturated rings. The highest BCUT2D eigenvalue weighted by molar-refractivity contribution is 6.02. The number of amides is 2. The van der Waals surface area contributed by atoms with Gasteiger partial charge in [-0.3, -0.25) is 9.59 Å².